The van der Waals surface area contributed by atoms with E-state index in [0.717, 1.165) is 41.1 Å². The molecule has 8 nitrogen and oxygen atoms in total. The van der Waals surface area contributed by atoms with E-state index < -0.39 is 28.7 Å². The lowest BCUT2D eigenvalue weighted by molar-refractivity contribution is -0.146. The highest BCUT2D eigenvalue weighted by molar-refractivity contribution is 8.14. The Morgan fingerprint density at radius 2 is 1.83 bits per heavy atom. The van der Waals surface area contributed by atoms with E-state index in [1.165, 1.54) is 14.0 Å². The van der Waals surface area contributed by atoms with E-state index in [2.05, 4.69) is 15.6 Å². The minimum atomic E-state index is -1.11. The van der Waals surface area contributed by atoms with Crippen molar-refractivity contribution in [2.75, 3.05) is 7.11 Å². The quantitative estimate of drug-likeness (QED) is 0.429. The van der Waals surface area contributed by atoms with Crippen molar-refractivity contribution in [3.05, 3.63) is 36.0 Å². The molecule has 1 fully saturated rings. The van der Waals surface area contributed by atoms with E-state index in [1.807, 2.05) is 44.3 Å². The minimum absolute atomic E-state index is 0.139. The molecule has 2 atom stereocenters. The van der Waals surface area contributed by atoms with E-state index in [-0.39, 0.29) is 23.4 Å². The number of hydrogen-bond acceptors (Lipinski definition) is 6. The molecule has 1 heterocycles. The molecule has 0 bridgehead atoms. The van der Waals surface area contributed by atoms with Gasteiger partial charge in [0.2, 0.25) is 11.8 Å². The van der Waals surface area contributed by atoms with Crippen LogP contribution in [0.15, 0.2) is 30.5 Å². The molecule has 0 aliphatic heterocycles. The van der Waals surface area contributed by atoms with Gasteiger partial charge in [0.25, 0.3) is 0 Å². The number of amides is 2. The molecule has 2 aromatic rings. The van der Waals surface area contributed by atoms with Crippen molar-refractivity contribution in [2.45, 2.75) is 76.1 Å². The first kappa shape index (κ1) is 26.8. The number of carbonyl (C=O) groups excluding carboxylic acids is 4. The van der Waals surface area contributed by atoms with Gasteiger partial charge in [-0.1, -0.05) is 56.7 Å². The maximum Gasteiger partial charge on any atom is 0.328 e. The van der Waals surface area contributed by atoms with Crippen LogP contribution in [0.2, 0.25) is 0 Å². The molecule has 190 valence electrons. The zero-order valence-corrected chi connectivity index (χ0v) is 21.6. The van der Waals surface area contributed by atoms with Gasteiger partial charge >= 0.3 is 5.97 Å². The van der Waals surface area contributed by atoms with Crippen molar-refractivity contribution in [1.82, 2.24) is 15.6 Å². The molecular formula is C26H35N3O5S. The Balaban J connectivity index is 1.79. The third-order valence-electron chi connectivity index (χ3n) is 6.43. The molecule has 0 saturated heterocycles. The summed E-state index contributed by atoms with van der Waals surface area (Å²) in [5.74, 6) is -1.05. The molecule has 1 aromatic carbocycles. The first-order valence-electron chi connectivity index (χ1n) is 12.1. The van der Waals surface area contributed by atoms with Crippen molar-refractivity contribution in [3.8, 4) is 0 Å². The lowest BCUT2D eigenvalue weighted by atomic mass is 9.94. The Morgan fingerprint density at radius 1 is 1.14 bits per heavy atom. The van der Waals surface area contributed by atoms with Crippen LogP contribution in [0.25, 0.3) is 10.9 Å². The van der Waals surface area contributed by atoms with Crippen molar-refractivity contribution < 1.29 is 23.9 Å². The lowest BCUT2D eigenvalue weighted by Gasteiger charge is -2.32. The van der Waals surface area contributed by atoms with E-state index in [4.69, 9.17) is 4.74 Å². The highest BCUT2D eigenvalue weighted by atomic mass is 32.2. The summed E-state index contributed by atoms with van der Waals surface area (Å²) >= 11 is 0.996. The molecule has 3 rings (SSSR count). The number of methoxy groups -OCH3 is 1. The number of H-pyrrole nitrogens is 1. The highest BCUT2D eigenvalue weighted by Crippen LogP contribution is 2.32. The average molecular weight is 502 g/mol. The van der Waals surface area contributed by atoms with E-state index in [1.54, 1.807) is 0 Å². The normalized spacial score (nSPS) is 16.6. The topological polar surface area (TPSA) is 117 Å². The standard InChI is InChI=1S/C26H35N3O5S/c1-16(2)13-22(35-17(3)30)23(31)29-26(11-7-8-12-26)25(33)28-21(24(32)34-4)14-18-15-27-20-10-6-5-9-19(18)20/h5-6,9-10,15-16,21-22,27H,7-8,11-14H2,1-4H3,(H,28,33)(H,29,31)/t21-,22-/m0/s1. The van der Waals surface area contributed by atoms with Gasteiger partial charge in [-0.05, 0) is 36.8 Å². The summed E-state index contributed by atoms with van der Waals surface area (Å²) in [6, 6.07) is 6.84. The molecule has 2 amide bonds. The maximum atomic E-state index is 13.6. The van der Waals surface area contributed by atoms with Crippen molar-refractivity contribution in [1.29, 1.82) is 0 Å². The molecule has 1 aliphatic rings. The molecular weight excluding hydrogens is 466 g/mol. The molecule has 1 aromatic heterocycles. The third-order valence-corrected chi connectivity index (χ3v) is 7.45. The number of aromatic nitrogens is 1. The Hall–Kier alpha value is -2.81. The second-order valence-electron chi connectivity index (χ2n) is 9.62. The molecule has 0 radical (unpaired) electrons. The summed E-state index contributed by atoms with van der Waals surface area (Å²) in [6.07, 6.45) is 5.13. The highest BCUT2D eigenvalue weighted by Gasteiger charge is 2.45. The van der Waals surface area contributed by atoms with Gasteiger partial charge in [-0.15, -0.1) is 0 Å². The number of ether oxygens (including phenoxy) is 1. The molecule has 9 heteroatoms. The molecule has 1 aliphatic carbocycles. The Kier molecular flexibility index (Phi) is 8.99. The van der Waals surface area contributed by atoms with Gasteiger partial charge in [-0.25, -0.2) is 4.79 Å². The smallest absolute Gasteiger partial charge is 0.328 e. The number of benzene rings is 1. The van der Waals surface area contributed by atoms with Crippen LogP contribution >= 0.6 is 11.8 Å². The number of fused-ring (bicyclic) bond motifs is 1. The van der Waals surface area contributed by atoms with Crippen LogP contribution in [0.4, 0.5) is 0 Å². The summed E-state index contributed by atoms with van der Waals surface area (Å²) in [7, 11) is 1.29. The second-order valence-corrected chi connectivity index (χ2v) is 11.0. The fraction of sp³-hybridized carbons (Fsp3) is 0.538. The molecule has 3 N–H and O–H groups in total. The number of hydrogen-bond donors (Lipinski definition) is 3. The van der Waals surface area contributed by atoms with Crippen LogP contribution in [0.1, 0.15) is 58.4 Å². The lowest BCUT2D eigenvalue weighted by Crippen LogP contribution is -2.61. The van der Waals surface area contributed by atoms with Gasteiger partial charge in [-0.3, -0.25) is 14.4 Å². The van der Waals surface area contributed by atoms with Gasteiger partial charge < -0.3 is 20.4 Å². The monoisotopic (exact) mass is 501 g/mol. The van der Waals surface area contributed by atoms with E-state index in [0.29, 0.717) is 19.3 Å². The second kappa shape index (κ2) is 11.7. The van der Waals surface area contributed by atoms with Crippen LogP contribution in [0.3, 0.4) is 0 Å². The van der Waals surface area contributed by atoms with Crippen LogP contribution in [-0.4, -0.2) is 51.8 Å². The zero-order valence-electron chi connectivity index (χ0n) is 20.8. The third kappa shape index (κ3) is 6.66. The zero-order chi connectivity index (χ0) is 25.6. The molecule has 0 unspecified atom stereocenters. The van der Waals surface area contributed by atoms with Gasteiger partial charge in [0.1, 0.15) is 11.6 Å². The van der Waals surface area contributed by atoms with Crippen LogP contribution in [-0.2, 0) is 30.3 Å². The number of rotatable bonds is 10. The molecule has 1 saturated carbocycles. The fourth-order valence-electron chi connectivity index (χ4n) is 4.69. The van der Waals surface area contributed by atoms with Gasteiger partial charge in [-0.2, -0.15) is 0 Å². The maximum absolute atomic E-state index is 13.6. The van der Waals surface area contributed by atoms with Crippen LogP contribution in [0.5, 0.6) is 0 Å². The van der Waals surface area contributed by atoms with Gasteiger partial charge in [0.15, 0.2) is 5.12 Å². The Bertz CT molecular complexity index is 1070. The fourth-order valence-corrected chi connectivity index (χ4v) is 5.74. The van der Waals surface area contributed by atoms with Crippen molar-refractivity contribution in [3.63, 3.8) is 0 Å². The van der Waals surface area contributed by atoms with Crippen molar-refractivity contribution in [2.24, 2.45) is 5.92 Å². The first-order valence-corrected chi connectivity index (χ1v) is 13.0. The predicted molar refractivity (Wildman–Crippen MR) is 137 cm³/mol. The predicted octanol–water partition coefficient (Wildman–Crippen LogP) is 3.49. The van der Waals surface area contributed by atoms with Crippen LogP contribution in [0, 0.1) is 5.92 Å². The number of esters is 1. The van der Waals surface area contributed by atoms with Gasteiger partial charge in [0.05, 0.1) is 12.4 Å². The summed E-state index contributed by atoms with van der Waals surface area (Å²) in [6.45, 7) is 5.42. The van der Waals surface area contributed by atoms with E-state index >= 15 is 0 Å². The molecule has 0 spiro atoms. The summed E-state index contributed by atoms with van der Waals surface area (Å²) in [5, 5.41) is 6.10. The number of aromatic amines is 1. The Labute approximate surface area is 210 Å². The largest absolute Gasteiger partial charge is 0.467 e. The summed E-state index contributed by atoms with van der Waals surface area (Å²) in [5.41, 5.74) is 0.711. The first-order chi connectivity index (χ1) is 16.6. The average Bonchev–Trinajstić information content (AvgIpc) is 3.45. The number of thioether (sulfide) groups is 1. The number of carbonyl (C=O) groups is 4. The minimum Gasteiger partial charge on any atom is -0.467 e. The number of para-hydroxylation sites is 1. The van der Waals surface area contributed by atoms with Gasteiger partial charge in [0, 0.05) is 30.4 Å². The Morgan fingerprint density at radius 3 is 2.46 bits per heavy atom. The van der Waals surface area contributed by atoms with Crippen molar-refractivity contribution >= 4 is 45.6 Å². The summed E-state index contributed by atoms with van der Waals surface area (Å²) in [4.78, 5) is 54.3. The number of nitrogens with one attached hydrogen (secondary N) is 3. The summed E-state index contributed by atoms with van der Waals surface area (Å²) < 4.78 is 4.98. The van der Waals surface area contributed by atoms with E-state index in [9.17, 15) is 19.2 Å². The SMILES string of the molecule is COC(=O)[C@H](Cc1c[nH]c2ccccc12)NC(=O)C1(NC(=O)[C@H](CC(C)C)SC(C)=O)CCCC1. The molecule has 35 heavy (non-hydrogen) atoms. The van der Waals surface area contributed by atoms with Crippen LogP contribution < -0.4 is 10.6 Å².